The Morgan fingerprint density at radius 3 is 3.12 bits per heavy atom. The van der Waals surface area contributed by atoms with Crippen molar-refractivity contribution in [3.63, 3.8) is 0 Å². The van der Waals surface area contributed by atoms with Gasteiger partial charge in [0.15, 0.2) is 0 Å². The molecule has 1 aromatic rings. The van der Waals surface area contributed by atoms with E-state index in [0.717, 1.165) is 18.8 Å². The van der Waals surface area contributed by atoms with E-state index < -0.39 is 0 Å². The Morgan fingerprint density at radius 2 is 2.44 bits per heavy atom. The number of carbonyl (C=O) groups excluding carboxylic acids is 1. The van der Waals surface area contributed by atoms with Gasteiger partial charge in [0.1, 0.15) is 5.82 Å². The quantitative estimate of drug-likeness (QED) is 0.706. The fourth-order valence-electron chi connectivity index (χ4n) is 2.02. The van der Waals surface area contributed by atoms with Crippen molar-refractivity contribution in [2.75, 3.05) is 25.1 Å². The maximum Gasteiger partial charge on any atom is 0.310 e. The zero-order valence-corrected chi connectivity index (χ0v) is 9.64. The number of esters is 1. The lowest BCUT2D eigenvalue weighted by atomic mass is 10.1. The molecule has 0 amide bonds. The van der Waals surface area contributed by atoms with Gasteiger partial charge < -0.3 is 9.64 Å². The SMILES string of the molecule is COC(=O)C1CCN(c2cc(C)ccn2)C1. The lowest BCUT2D eigenvalue weighted by Gasteiger charge is -2.17. The van der Waals surface area contributed by atoms with Crippen molar-refractivity contribution >= 4 is 11.8 Å². The van der Waals surface area contributed by atoms with Gasteiger partial charge in [-0.15, -0.1) is 0 Å². The summed E-state index contributed by atoms with van der Waals surface area (Å²) in [4.78, 5) is 17.8. The number of aromatic nitrogens is 1. The van der Waals surface area contributed by atoms with Gasteiger partial charge in [-0.3, -0.25) is 4.79 Å². The van der Waals surface area contributed by atoms with Gasteiger partial charge in [0.25, 0.3) is 0 Å². The highest BCUT2D eigenvalue weighted by Gasteiger charge is 2.29. The van der Waals surface area contributed by atoms with Crippen LogP contribution in [0.4, 0.5) is 5.82 Å². The Kier molecular flexibility index (Phi) is 3.08. The first-order valence-corrected chi connectivity index (χ1v) is 5.46. The first-order chi connectivity index (χ1) is 7.70. The average Bonchev–Trinajstić information content (AvgIpc) is 2.77. The van der Waals surface area contributed by atoms with Crippen LogP contribution in [-0.4, -0.2) is 31.2 Å². The maximum atomic E-state index is 11.4. The minimum atomic E-state index is -0.116. The predicted molar refractivity (Wildman–Crippen MR) is 61.3 cm³/mol. The Morgan fingerprint density at radius 1 is 1.62 bits per heavy atom. The van der Waals surface area contributed by atoms with E-state index in [2.05, 4.69) is 9.88 Å². The molecule has 1 saturated heterocycles. The maximum absolute atomic E-state index is 11.4. The van der Waals surface area contributed by atoms with Gasteiger partial charge in [0.2, 0.25) is 0 Å². The van der Waals surface area contributed by atoms with Crippen LogP contribution >= 0.6 is 0 Å². The van der Waals surface area contributed by atoms with Crippen molar-refractivity contribution in [1.29, 1.82) is 0 Å². The van der Waals surface area contributed by atoms with Gasteiger partial charge in [-0.05, 0) is 31.0 Å². The van der Waals surface area contributed by atoms with E-state index in [-0.39, 0.29) is 11.9 Å². The number of rotatable bonds is 2. The van der Waals surface area contributed by atoms with Crippen LogP contribution in [0.1, 0.15) is 12.0 Å². The van der Waals surface area contributed by atoms with Gasteiger partial charge in [-0.25, -0.2) is 4.98 Å². The van der Waals surface area contributed by atoms with E-state index in [4.69, 9.17) is 4.74 Å². The van der Waals surface area contributed by atoms with Crippen LogP contribution in [0.5, 0.6) is 0 Å². The van der Waals surface area contributed by atoms with Crippen molar-refractivity contribution < 1.29 is 9.53 Å². The second-order valence-electron chi connectivity index (χ2n) is 4.15. The first kappa shape index (κ1) is 10.9. The third-order valence-corrected chi connectivity index (χ3v) is 2.95. The normalized spacial score (nSPS) is 19.9. The minimum Gasteiger partial charge on any atom is -0.469 e. The molecular formula is C12H16N2O2. The standard InChI is InChI=1S/C12H16N2O2/c1-9-3-5-13-11(7-9)14-6-4-10(8-14)12(15)16-2/h3,5,7,10H,4,6,8H2,1-2H3. The molecule has 4 heteroatoms. The van der Waals surface area contributed by atoms with E-state index in [1.807, 2.05) is 19.1 Å². The summed E-state index contributed by atoms with van der Waals surface area (Å²) in [7, 11) is 1.44. The zero-order valence-electron chi connectivity index (χ0n) is 9.64. The molecule has 0 spiro atoms. The molecule has 1 fully saturated rings. The molecule has 1 aliphatic heterocycles. The molecule has 0 aromatic carbocycles. The molecule has 0 saturated carbocycles. The molecule has 2 heterocycles. The smallest absolute Gasteiger partial charge is 0.310 e. The van der Waals surface area contributed by atoms with Crippen LogP contribution in [0.3, 0.4) is 0 Å². The van der Waals surface area contributed by atoms with Crippen molar-refractivity contribution in [3.8, 4) is 0 Å². The number of aryl methyl sites for hydroxylation is 1. The molecule has 86 valence electrons. The molecule has 1 atom stereocenters. The van der Waals surface area contributed by atoms with Crippen LogP contribution in [0.2, 0.25) is 0 Å². The minimum absolute atomic E-state index is 0.00712. The summed E-state index contributed by atoms with van der Waals surface area (Å²) in [5.74, 6) is 0.828. The fourth-order valence-corrected chi connectivity index (χ4v) is 2.02. The molecule has 0 N–H and O–H groups in total. The predicted octanol–water partition coefficient (Wildman–Crippen LogP) is 1.39. The Balaban J connectivity index is 2.06. The fraction of sp³-hybridized carbons (Fsp3) is 0.500. The highest BCUT2D eigenvalue weighted by atomic mass is 16.5. The molecule has 1 unspecified atom stereocenters. The van der Waals surface area contributed by atoms with E-state index in [0.29, 0.717) is 6.54 Å². The van der Waals surface area contributed by atoms with Crippen molar-refractivity contribution in [2.45, 2.75) is 13.3 Å². The van der Waals surface area contributed by atoms with E-state index in [9.17, 15) is 4.79 Å². The van der Waals surface area contributed by atoms with Gasteiger partial charge in [0, 0.05) is 19.3 Å². The van der Waals surface area contributed by atoms with E-state index in [1.54, 1.807) is 6.20 Å². The number of hydrogen-bond acceptors (Lipinski definition) is 4. The molecule has 2 rings (SSSR count). The summed E-state index contributed by atoms with van der Waals surface area (Å²) in [6, 6.07) is 4.01. The van der Waals surface area contributed by atoms with Crippen molar-refractivity contribution in [1.82, 2.24) is 4.98 Å². The number of nitrogens with zero attached hydrogens (tertiary/aromatic N) is 2. The first-order valence-electron chi connectivity index (χ1n) is 5.46. The number of anilines is 1. The van der Waals surface area contributed by atoms with Crippen molar-refractivity contribution in [3.05, 3.63) is 23.9 Å². The molecule has 4 nitrogen and oxygen atoms in total. The highest BCUT2D eigenvalue weighted by molar-refractivity contribution is 5.74. The van der Waals surface area contributed by atoms with Gasteiger partial charge in [-0.2, -0.15) is 0 Å². The molecule has 0 radical (unpaired) electrons. The highest BCUT2D eigenvalue weighted by Crippen LogP contribution is 2.23. The zero-order chi connectivity index (χ0) is 11.5. The molecule has 1 aliphatic rings. The van der Waals surface area contributed by atoms with Crippen LogP contribution in [-0.2, 0) is 9.53 Å². The van der Waals surface area contributed by atoms with E-state index in [1.165, 1.54) is 12.7 Å². The topological polar surface area (TPSA) is 42.4 Å². The summed E-state index contributed by atoms with van der Waals surface area (Å²) in [6.45, 7) is 3.62. The Labute approximate surface area is 95.2 Å². The number of hydrogen-bond donors (Lipinski definition) is 0. The van der Waals surface area contributed by atoms with Crippen LogP contribution in [0.25, 0.3) is 0 Å². The summed E-state index contributed by atoms with van der Waals surface area (Å²) in [5.41, 5.74) is 1.19. The van der Waals surface area contributed by atoms with Crippen LogP contribution in [0.15, 0.2) is 18.3 Å². The van der Waals surface area contributed by atoms with Crippen LogP contribution < -0.4 is 4.90 Å². The lowest BCUT2D eigenvalue weighted by molar-refractivity contribution is -0.144. The second-order valence-corrected chi connectivity index (χ2v) is 4.15. The van der Waals surface area contributed by atoms with Crippen molar-refractivity contribution in [2.24, 2.45) is 5.92 Å². The Bertz CT molecular complexity index is 392. The third-order valence-electron chi connectivity index (χ3n) is 2.95. The molecule has 1 aromatic heterocycles. The summed E-state index contributed by atoms with van der Waals surface area (Å²) < 4.78 is 4.76. The molecule has 0 bridgehead atoms. The largest absolute Gasteiger partial charge is 0.469 e. The second kappa shape index (κ2) is 4.51. The molecule has 16 heavy (non-hydrogen) atoms. The number of carbonyl (C=O) groups is 1. The summed E-state index contributed by atoms with van der Waals surface area (Å²) >= 11 is 0. The lowest BCUT2D eigenvalue weighted by Crippen LogP contribution is -2.24. The van der Waals surface area contributed by atoms with Gasteiger partial charge in [-0.1, -0.05) is 0 Å². The van der Waals surface area contributed by atoms with Crippen LogP contribution in [0, 0.1) is 12.8 Å². The summed E-state index contributed by atoms with van der Waals surface area (Å²) in [6.07, 6.45) is 2.65. The molecule has 0 aliphatic carbocycles. The van der Waals surface area contributed by atoms with E-state index >= 15 is 0 Å². The summed E-state index contributed by atoms with van der Waals surface area (Å²) in [5, 5.41) is 0. The van der Waals surface area contributed by atoms with Gasteiger partial charge in [0.05, 0.1) is 13.0 Å². The Hall–Kier alpha value is -1.58. The number of pyridine rings is 1. The number of methoxy groups -OCH3 is 1. The average molecular weight is 220 g/mol. The third kappa shape index (κ3) is 2.15. The number of ether oxygens (including phenoxy) is 1. The van der Waals surface area contributed by atoms with Gasteiger partial charge >= 0.3 is 5.97 Å². The molecular weight excluding hydrogens is 204 g/mol. The monoisotopic (exact) mass is 220 g/mol.